The second-order valence-corrected chi connectivity index (χ2v) is 6.98. The molecule has 24 heavy (non-hydrogen) atoms. The zero-order valence-corrected chi connectivity index (χ0v) is 14.0. The van der Waals surface area contributed by atoms with Crippen LogP contribution in [0.15, 0.2) is 42.9 Å². The number of amides is 1. The Bertz CT molecular complexity index is 712. The summed E-state index contributed by atoms with van der Waals surface area (Å²) in [6.07, 6.45) is 6.66. The summed E-state index contributed by atoms with van der Waals surface area (Å²) in [6, 6.07) is 8.07. The van der Waals surface area contributed by atoms with Crippen molar-refractivity contribution in [2.24, 2.45) is 11.8 Å². The molecule has 5 nitrogen and oxygen atoms in total. The molecule has 0 N–H and O–H groups in total. The Hall–Kier alpha value is -2.14. The lowest BCUT2D eigenvalue weighted by atomic mass is 10.2. The molecule has 2 aliphatic rings. The Labute approximate surface area is 142 Å². The van der Waals surface area contributed by atoms with Gasteiger partial charge >= 0.3 is 0 Å². The van der Waals surface area contributed by atoms with Crippen molar-refractivity contribution in [1.29, 1.82) is 0 Å². The molecule has 2 aromatic heterocycles. The average Bonchev–Trinajstić information content (AvgIpc) is 3.23. The Morgan fingerprint density at radius 2 is 2.08 bits per heavy atom. The number of rotatable bonds is 4. The third-order valence-electron chi connectivity index (χ3n) is 5.07. The van der Waals surface area contributed by atoms with Crippen molar-refractivity contribution in [1.82, 2.24) is 14.5 Å². The van der Waals surface area contributed by atoms with Crippen LogP contribution in [-0.4, -0.2) is 33.0 Å². The molecule has 5 heteroatoms. The summed E-state index contributed by atoms with van der Waals surface area (Å²) >= 11 is 0. The van der Waals surface area contributed by atoms with Gasteiger partial charge in [-0.1, -0.05) is 6.92 Å². The smallest absolute Gasteiger partial charge is 0.226 e. The van der Waals surface area contributed by atoms with E-state index in [1.54, 1.807) is 12.4 Å². The molecule has 1 aliphatic heterocycles. The van der Waals surface area contributed by atoms with Gasteiger partial charge in [-0.05, 0) is 42.2 Å². The number of carbonyl (C=O) groups is 1. The summed E-state index contributed by atoms with van der Waals surface area (Å²) < 4.78 is 8.35. The Balaban J connectivity index is 1.48. The van der Waals surface area contributed by atoms with Crippen LogP contribution in [0.1, 0.15) is 24.6 Å². The predicted octanol–water partition coefficient (Wildman–Crippen LogP) is 2.47. The quantitative estimate of drug-likeness (QED) is 0.867. The average molecular weight is 325 g/mol. The molecule has 1 saturated carbocycles. The maximum atomic E-state index is 12.7. The number of fused-ring (bicyclic) bond motifs is 1. The van der Waals surface area contributed by atoms with E-state index >= 15 is 0 Å². The maximum absolute atomic E-state index is 12.7. The van der Waals surface area contributed by atoms with Crippen molar-refractivity contribution >= 4 is 5.91 Å². The van der Waals surface area contributed by atoms with Gasteiger partial charge in [0.1, 0.15) is 0 Å². The molecule has 1 fully saturated rings. The van der Waals surface area contributed by atoms with Gasteiger partial charge in [0.05, 0.1) is 25.8 Å². The molecule has 3 atom stereocenters. The second kappa shape index (κ2) is 6.40. The van der Waals surface area contributed by atoms with Crippen molar-refractivity contribution in [2.75, 3.05) is 6.54 Å². The van der Waals surface area contributed by atoms with Crippen LogP contribution in [0.5, 0.6) is 0 Å². The van der Waals surface area contributed by atoms with Crippen LogP contribution in [-0.2, 0) is 29.2 Å². The van der Waals surface area contributed by atoms with E-state index in [-0.39, 0.29) is 17.9 Å². The number of aromatic nitrogens is 2. The van der Waals surface area contributed by atoms with Crippen molar-refractivity contribution in [2.45, 2.75) is 39.1 Å². The molecule has 3 heterocycles. The van der Waals surface area contributed by atoms with Gasteiger partial charge in [0.15, 0.2) is 0 Å². The first-order valence-corrected chi connectivity index (χ1v) is 8.64. The zero-order valence-electron chi connectivity index (χ0n) is 14.0. The fraction of sp³-hybridized carbons (Fsp3) is 0.474. The van der Waals surface area contributed by atoms with Gasteiger partial charge in [-0.25, -0.2) is 0 Å². The highest BCUT2D eigenvalue weighted by atomic mass is 16.5. The van der Waals surface area contributed by atoms with Crippen LogP contribution < -0.4 is 0 Å². The first-order valence-electron chi connectivity index (χ1n) is 8.64. The normalized spacial score (nSPS) is 25.9. The molecular formula is C19H23N3O2. The minimum absolute atomic E-state index is 0.00446. The highest BCUT2D eigenvalue weighted by molar-refractivity contribution is 5.81. The Morgan fingerprint density at radius 1 is 1.29 bits per heavy atom. The van der Waals surface area contributed by atoms with Gasteiger partial charge in [-0.15, -0.1) is 0 Å². The molecule has 0 aromatic carbocycles. The molecule has 0 radical (unpaired) electrons. The van der Waals surface area contributed by atoms with Gasteiger partial charge in [-0.3, -0.25) is 9.78 Å². The fourth-order valence-electron chi connectivity index (χ4n) is 3.42. The number of hydrogen-bond donors (Lipinski definition) is 0. The number of hydrogen-bond acceptors (Lipinski definition) is 3. The van der Waals surface area contributed by atoms with E-state index in [9.17, 15) is 4.79 Å². The van der Waals surface area contributed by atoms with E-state index in [1.807, 2.05) is 23.1 Å². The number of ether oxygens (including phenoxy) is 1. The monoisotopic (exact) mass is 325 g/mol. The molecule has 0 spiro atoms. The summed E-state index contributed by atoms with van der Waals surface area (Å²) in [6.45, 7) is 4.84. The second-order valence-electron chi connectivity index (χ2n) is 6.98. The summed E-state index contributed by atoms with van der Waals surface area (Å²) in [5, 5.41) is 0. The first kappa shape index (κ1) is 15.4. The minimum Gasteiger partial charge on any atom is -0.370 e. The Kier molecular flexibility index (Phi) is 4.10. The molecule has 126 valence electrons. The van der Waals surface area contributed by atoms with Crippen LogP contribution in [0, 0.1) is 11.8 Å². The molecule has 0 saturated heterocycles. The summed E-state index contributed by atoms with van der Waals surface area (Å²) in [7, 11) is 0. The Morgan fingerprint density at radius 3 is 2.83 bits per heavy atom. The van der Waals surface area contributed by atoms with Crippen LogP contribution in [0.25, 0.3) is 0 Å². The van der Waals surface area contributed by atoms with Gasteiger partial charge in [0.2, 0.25) is 5.91 Å². The lowest BCUT2D eigenvalue weighted by molar-refractivity contribution is -0.135. The van der Waals surface area contributed by atoms with Crippen molar-refractivity contribution in [3.8, 4) is 0 Å². The van der Waals surface area contributed by atoms with E-state index in [4.69, 9.17) is 4.74 Å². The highest BCUT2D eigenvalue weighted by Gasteiger charge is 2.42. The van der Waals surface area contributed by atoms with Gasteiger partial charge < -0.3 is 14.2 Å². The molecule has 0 bridgehead atoms. The SMILES string of the molecule is C[C@@H]1C[C@H]1C(=O)N1Cc2cccn2C[C@H](OCc2ccncc2)C1. The number of pyridine rings is 1. The molecule has 1 amide bonds. The maximum Gasteiger partial charge on any atom is 0.226 e. The fourth-order valence-corrected chi connectivity index (χ4v) is 3.42. The standard InChI is InChI=1S/C19H23N3O2/c1-14-9-18(14)19(23)22-10-16-3-2-8-21(16)11-17(12-22)24-13-15-4-6-20-7-5-15/h2-8,14,17-18H,9-13H2,1H3/t14-,17+,18-/m1/s1. The van der Waals surface area contributed by atoms with Crippen molar-refractivity contribution in [3.05, 3.63) is 54.1 Å². The van der Waals surface area contributed by atoms with Gasteiger partial charge in [0.25, 0.3) is 0 Å². The zero-order chi connectivity index (χ0) is 16.5. The topological polar surface area (TPSA) is 47.4 Å². The van der Waals surface area contributed by atoms with E-state index < -0.39 is 0 Å². The van der Waals surface area contributed by atoms with Gasteiger partial charge in [0, 0.05) is 36.7 Å². The molecule has 2 aromatic rings. The summed E-state index contributed by atoms with van der Waals surface area (Å²) in [5.41, 5.74) is 2.29. The number of nitrogens with zero attached hydrogens (tertiary/aromatic N) is 3. The largest absolute Gasteiger partial charge is 0.370 e. The lowest BCUT2D eigenvalue weighted by Gasteiger charge is -2.24. The minimum atomic E-state index is 0.00446. The van der Waals surface area contributed by atoms with Crippen LogP contribution in [0.2, 0.25) is 0 Å². The van der Waals surface area contributed by atoms with E-state index in [0.29, 0.717) is 25.6 Å². The predicted molar refractivity (Wildman–Crippen MR) is 89.9 cm³/mol. The van der Waals surface area contributed by atoms with Crippen molar-refractivity contribution < 1.29 is 9.53 Å². The van der Waals surface area contributed by atoms with E-state index in [2.05, 4.69) is 28.7 Å². The third kappa shape index (κ3) is 3.22. The highest BCUT2D eigenvalue weighted by Crippen LogP contribution is 2.39. The number of carbonyl (C=O) groups excluding carboxylic acids is 1. The van der Waals surface area contributed by atoms with Crippen molar-refractivity contribution in [3.63, 3.8) is 0 Å². The third-order valence-corrected chi connectivity index (χ3v) is 5.07. The van der Waals surface area contributed by atoms with E-state index in [0.717, 1.165) is 18.5 Å². The molecule has 4 rings (SSSR count). The van der Waals surface area contributed by atoms with E-state index in [1.165, 1.54) is 5.69 Å². The van der Waals surface area contributed by atoms with Crippen LogP contribution in [0.4, 0.5) is 0 Å². The van der Waals surface area contributed by atoms with Crippen LogP contribution >= 0.6 is 0 Å². The molecular weight excluding hydrogens is 302 g/mol. The molecule has 1 aliphatic carbocycles. The molecule has 0 unspecified atom stereocenters. The van der Waals surface area contributed by atoms with Crippen LogP contribution in [0.3, 0.4) is 0 Å². The lowest BCUT2D eigenvalue weighted by Crippen LogP contribution is -2.38. The summed E-state index contributed by atoms with van der Waals surface area (Å²) in [5.74, 6) is 1.03. The first-order chi connectivity index (χ1) is 11.7. The van der Waals surface area contributed by atoms with Gasteiger partial charge in [-0.2, -0.15) is 0 Å². The summed E-state index contributed by atoms with van der Waals surface area (Å²) in [4.78, 5) is 18.8.